The summed E-state index contributed by atoms with van der Waals surface area (Å²) in [4.78, 5) is 6.81. The van der Waals surface area contributed by atoms with E-state index in [1.54, 1.807) is 0 Å². The lowest BCUT2D eigenvalue weighted by atomic mass is 9.95. The molecule has 4 heteroatoms. The van der Waals surface area contributed by atoms with Gasteiger partial charge in [-0.2, -0.15) is 5.26 Å². The topological polar surface area (TPSA) is 49.1 Å². The number of rotatable bonds is 6. The lowest BCUT2D eigenvalue weighted by molar-refractivity contribution is 0.131. The molecular weight excluding hydrogens is 262 g/mol. The lowest BCUT2D eigenvalue weighted by Gasteiger charge is -2.23. The summed E-state index contributed by atoms with van der Waals surface area (Å²) in [6.45, 7) is 2.38. The molecule has 1 aromatic heterocycles. The molecule has 0 aliphatic heterocycles. The van der Waals surface area contributed by atoms with Crippen LogP contribution in [0.15, 0.2) is 6.07 Å². The Morgan fingerprint density at radius 1 is 1.38 bits per heavy atom. The van der Waals surface area contributed by atoms with Crippen molar-refractivity contribution >= 4 is 5.82 Å². The minimum Gasteiger partial charge on any atom is -0.379 e. The number of pyridine rings is 1. The van der Waals surface area contributed by atoms with E-state index in [9.17, 15) is 5.26 Å². The molecule has 112 valence electrons. The molecule has 2 aliphatic carbocycles. The molecule has 1 heterocycles. The maximum Gasteiger partial charge on any atom is 0.146 e. The highest BCUT2D eigenvalue weighted by Gasteiger charge is 2.21. The molecule has 1 aromatic rings. The highest BCUT2D eigenvalue weighted by molar-refractivity contribution is 5.56. The zero-order valence-electron chi connectivity index (χ0n) is 12.8. The van der Waals surface area contributed by atoms with Crippen LogP contribution in [0.3, 0.4) is 0 Å². The summed E-state index contributed by atoms with van der Waals surface area (Å²) in [5.74, 6) is 1.61. The summed E-state index contributed by atoms with van der Waals surface area (Å²) in [6.07, 6.45) is 7.16. The van der Waals surface area contributed by atoms with Gasteiger partial charge in [0.05, 0.1) is 12.2 Å². The van der Waals surface area contributed by atoms with E-state index in [-0.39, 0.29) is 0 Å². The van der Waals surface area contributed by atoms with Crippen molar-refractivity contribution in [3.05, 3.63) is 22.9 Å². The minimum absolute atomic E-state index is 0.695. The Labute approximate surface area is 126 Å². The molecular formula is C17H23N3O. The molecule has 0 bridgehead atoms. The van der Waals surface area contributed by atoms with Crippen molar-refractivity contribution in [1.29, 1.82) is 5.26 Å². The van der Waals surface area contributed by atoms with E-state index in [1.165, 1.54) is 36.9 Å². The van der Waals surface area contributed by atoms with Gasteiger partial charge in [0.2, 0.25) is 0 Å². The maximum absolute atomic E-state index is 9.37. The van der Waals surface area contributed by atoms with E-state index in [2.05, 4.69) is 11.0 Å². The average molecular weight is 285 g/mol. The van der Waals surface area contributed by atoms with Gasteiger partial charge in [-0.1, -0.05) is 0 Å². The Morgan fingerprint density at radius 2 is 2.19 bits per heavy atom. The van der Waals surface area contributed by atoms with Gasteiger partial charge in [0.25, 0.3) is 0 Å². The summed E-state index contributed by atoms with van der Waals surface area (Å²) in [5, 5.41) is 9.37. The van der Waals surface area contributed by atoms with E-state index < -0.39 is 0 Å². The molecule has 0 unspecified atom stereocenters. The molecule has 0 spiro atoms. The fraction of sp³-hybridized carbons (Fsp3) is 0.647. The van der Waals surface area contributed by atoms with Crippen LogP contribution in [0.1, 0.15) is 42.5 Å². The first-order chi connectivity index (χ1) is 10.3. The third kappa shape index (κ3) is 3.54. The predicted molar refractivity (Wildman–Crippen MR) is 82.4 cm³/mol. The van der Waals surface area contributed by atoms with E-state index >= 15 is 0 Å². The van der Waals surface area contributed by atoms with Crippen molar-refractivity contribution in [2.75, 3.05) is 31.7 Å². The molecule has 1 fully saturated rings. The van der Waals surface area contributed by atoms with Gasteiger partial charge in [0, 0.05) is 25.9 Å². The molecule has 0 atom stereocenters. The van der Waals surface area contributed by atoms with Crippen LogP contribution in [-0.2, 0) is 17.6 Å². The second-order valence-corrected chi connectivity index (χ2v) is 6.22. The van der Waals surface area contributed by atoms with Gasteiger partial charge in [0.1, 0.15) is 11.9 Å². The number of hydrogen-bond donors (Lipinski definition) is 0. The SMILES string of the molecule is CN(CCOCC1CC1)c1nc2c(cc1C#N)CCCC2. The largest absolute Gasteiger partial charge is 0.379 e. The molecule has 0 N–H and O–H groups in total. The third-order valence-corrected chi connectivity index (χ3v) is 4.38. The van der Waals surface area contributed by atoms with Gasteiger partial charge in [-0.05, 0) is 56.1 Å². The lowest BCUT2D eigenvalue weighted by Crippen LogP contribution is -2.25. The number of nitrogens with zero attached hydrogens (tertiary/aromatic N) is 3. The Hall–Kier alpha value is -1.60. The van der Waals surface area contributed by atoms with E-state index in [0.29, 0.717) is 12.2 Å². The highest BCUT2D eigenvalue weighted by Crippen LogP contribution is 2.29. The zero-order valence-corrected chi connectivity index (χ0v) is 12.8. The molecule has 0 amide bonds. The number of fused-ring (bicyclic) bond motifs is 1. The van der Waals surface area contributed by atoms with Crippen LogP contribution in [0.25, 0.3) is 0 Å². The summed E-state index contributed by atoms with van der Waals surface area (Å²) < 4.78 is 5.68. The Balaban J connectivity index is 1.65. The monoisotopic (exact) mass is 285 g/mol. The van der Waals surface area contributed by atoms with E-state index in [0.717, 1.165) is 37.7 Å². The fourth-order valence-corrected chi connectivity index (χ4v) is 2.84. The van der Waals surface area contributed by atoms with Crippen LogP contribution < -0.4 is 4.90 Å². The molecule has 0 radical (unpaired) electrons. The zero-order chi connectivity index (χ0) is 14.7. The van der Waals surface area contributed by atoms with Crippen molar-refractivity contribution in [2.24, 2.45) is 5.92 Å². The summed E-state index contributed by atoms with van der Waals surface area (Å²) >= 11 is 0. The second kappa shape index (κ2) is 6.44. The number of hydrogen-bond acceptors (Lipinski definition) is 4. The average Bonchev–Trinajstić information content (AvgIpc) is 3.34. The number of aryl methyl sites for hydroxylation is 2. The normalized spacial score (nSPS) is 17.1. The van der Waals surface area contributed by atoms with Crippen LogP contribution in [0.2, 0.25) is 0 Å². The summed E-state index contributed by atoms with van der Waals surface area (Å²) in [5.41, 5.74) is 3.14. The standard InChI is InChI=1S/C17H23N3O/c1-20(8-9-21-12-13-6-7-13)17-15(11-18)10-14-4-2-3-5-16(14)19-17/h10,13H,2-9,12H2,1H3. The summed E-state index contributed by atoms with van der Waals surface area (Å²) in [6, 6.07) is 4.34. The predicted octanol–water partition coefficient (Wildman–Crippen LogP) is 2.69. The first-order valence-electron chi connectivity index (χ1n) is 7.99. The van der Waals surface area contributed by atoms with Crippen molar-refractivity contribution in [3.8, 4) is 6.07 Å². The van der Waals surface area contributed by atoms with Gasteiger partial charge in [-0.25, -0.2) is 4.98 Å². The smallest absolute Gasteiger partial charge is 0.146 e. The second-order valence-electron chi connectivity index (χ2n) is 6.22. The third-order valence-electron chi connectivity index (χ3n) is 4.38. The first kappa shape index (κ1) is 14.3. The Kier molecular flexibility index (Phi) is 4.40. The highest BCUT2D eigenvalue weighted by atomic mass is 16.5. The number of aromatic nitrogens is 1. The van der Waals surface area contributed by atoms with Gasteiger partial charge in [-0.3, -0.25) is 0 Å². The summed E-state index contributed by atoms with van der Waals surface area (Å²) in [7, 11) is 2.00. The van der Waals surface area contributed by atoms with Gasteiger partial charge in [-0.15, -0.1) is 0 Å². The van der Waals surface area contributed by atoms with Crippen molar-refractivity contribution in [2.45, 2.75) is 38.5 Å². The quantitative estimate of drug-likeness (QED) is 0.754. The Morgan fingerprint density at radius 3 is 2.95 bits per heavy atom. The van der Waals surface area contributed by atoms with Crippen molar-refractivity contribution in [1.82, 2.24) is 4.98 Å². The van der Waals surface area contributed by atoms with Crippen LogP contribution in [0.5, 0.6) is 0 Å². The number of ether oxygens (including phenoxy) is 1. The molecule has 0 saturated heterocycles. The molecule has 4 nitrogen and oxygen atoms in total. The molecule has 21 heavy (non-hydrogen) atoms. The van der Waals surface area contributed by atoms with Crippen LogP contribution in [-0.4, -0.2) is 31.8 Å². The maximum atomic E-state index is 9.37. The molecule has 3 rings (SSSR count). The number of likely N-dealkylation sites (N-methyl/N-ethyl adjacent to an activating group) is 1. The van der Waals surface area contributed by atoms with Gasteiger partial charge in [0.15, 0.2) is 0 Å². The molecule has 0 aromatic carbocycles. The molecule has 1 saturated carbocycles. The Bertz CT molecular complexity index is 546. The number of anilines is 1. The van der Waals surface area contributed by atoms with Crippen LogP contribution in [0.4, 0.5) is 5.82 Å². The van der Waals surface area contributed by atoms with E-state index in [1.807, 2.05) is 13.1 Å². The van der Waals surface area contributed by atoms with Gasteiger partial charge >= 0.3 is 0 Å². The van der Waals surface area contributed by atoms with E-state index in [4.69, 9.17) is 9.72 Å². The van der Waals surface area contributed by atoms with Crippen LogP contribution >= 0.6 is 0 Å². The fourth-order valence-electron chi connectivity index (χ4n) is 2.84. The van der Waals surface area contributed by atoms with Crippen LogP contribution in [0, 0.1) is 17.2 Å². The minimum atomic E-state index is 0.695. The first-order valence-corrected chi connectivity index (χ1v) is 7.99. The van der Waals surface area contributed by atoms with Crippen molar-refractivity contribution in [3.63, 3.8) is 0 Å². The molecule has 2 aliphatic rings. The van der Waals surface area contributed by atoms with Gasteiger partial charge < -0.3 is 9.64 Å². The number of nitriles is 1. The van der Waals surface area contributed by atoms with Crippen molar-refractivity contribution < 1.29 is 4.74 Å².